The van der Waals surface area contributed by atoms with Gasteiger partial charge < -0.3 is 5.32 Å². The molecule has 1 saturated heterocycles. The lowest BCUT2D eigenvalue weighted by molar-refractivity contribution is -0.123. The fourth-order valence-corrected chi connectivity index (χ4v) is 3.27. The lowest BCUT2D eigenvalue weighted by Gasteiger charge is -2.33. The maximum absolute atomic E-state index is 12.1. The smallest absolute Gasteiger partial charge is 0.234 e. The third kappa shape index (κ3) is 4.27. The fraction of sp³-hybridized carbons (Fsp3) is 0.933. The number of hydrogen-bond acceptors (Lipinski definition) is 2. The second-order valence-electron chi connectivity index (χ2n) is 6.07. The standard InChI is InChI=1S/C15H28N2O/c1-13-8-6-7-11-17(13)12-15(18)16-14-9-4-2-3-5-10-14/h13-14H,2-12H2,1H3,(H,16,18)/t13-/m0/s1. The van der Waals surface area contributed by atoms with E-state index < -0.39 is 0 Å². The number of likely N-dealkylation sites (tertiary alicyclic amines) is 1. The summed E-state index contributed by atoms with van der Waals surface area (Å²) in [6.45, 7) is 3.95. The number of carbonyl (C=O) groups excluding carboxylic acids is 1. The van der Waals surface area contributed by atoms with Gasteiger partial charge in [-0.3, -0.25) is 9.69 Å². The number of piperidine rings is 1. The molecule has 3 heteroatoms. The van der Waals surface area contributed by atoms with Crippen LogP contribution < -0.4 is 5.32 Å². The Morgan fingerprint density at radius 2 is 1.72 bits per heavy atom. The SMILES string of the molecule is C[C@H]1CCCCN1CC(=O)NC1CCCCCC1. The first-order valence-corrected chi connectivity index (χ1v) is 7.79. The van der Waals surface area contributed by atoms with Gasteiger partial charge in [0.25, 0.3) is 0 Å². The van der Waals surface area contributed by atoms with Gasteiger partial charge in [-0.05, 0) is 39.2 Å². The van der Waals surface area contributed by atoms with Crippen LogP contribution in [-0.2, 0) is 4.79 Å². The van der Waals surface area contributed by atoms with Crippen LogP contribution in [0.1, 0.15) is 64.7 Å². The Kier molecular flexibility index (Phi) is 5.48. The highest BCUT2D eigenvalue weighted by atomic mass is 16.2. The summed E-state index contributed by atoms with van der Waals surface area (Å²) in [6.07, 6.45) is 11.4. The largest absolute Gasteiger partial charge is 0.352 e. The topological polar surface area (TPSA) is 32.3 Å². The van der Waals surface area contributed by atoms with Crippen molar-refractivity contribution < 1.29 is 4.79 Å². The van der Waals surface area contributed by atoms with Crippen LogP contribution in [0.15, 0.2) is 0 Å². The number of nitrogens with zero attached hydrogens (tertiary/aromatic N) is 1. The predicted octanol–water partition coefficient (Wildman–Crippen LogP) is 2.70. The molecule has 0 unspecified atom stereocenters. The monoisotopic (exact) mass is 252 g/mol. The Hall–Kier alpha value is -0.570. The Bertz CT molecular complexity index is 259. The minimum atomic E-state index is 0.246. The fourth-order valence-electron chi connectivity index (χ4n) is 3.27. The number of nitrogens with one attached hydrogen (secondary N) is 1. The molecular weight excluding hydrogens is 224 g/mol. The van der Waals surface area contributed by atoms with E-state index in [1.165, 1.54) is 57.8 Å². The molecule has 2 rings (SSSR count). The molecule has 1 aliphatic carbocycles. The minimum absolute atomic E-state index is 0.246. The normalized spacial score (nSPS) is 27.7. The quantitative estimate of drug-likeness (QED) is 0.783. The van der Waals surface area contributed by atoms with Crippen molar-refractivity contribution in [3.63, 3.8) is 0 Å². The molecule has 0 bridgehead atoms. The molecule has 18 heavy (non-hydrogen) atoms. The van der Waals surface area contributed by atoms with E-state index in [0.29, 0.717) is 18.6 Å². The van der Waals surface area contributed by atoms with Crippen LogP contribution in [0.3, 0.4) is 0 Å². The van der Waals surface area contributed by atoms with E-state index in [-0.39, 0.29) is 5.91 Å². The lowest BCUT2D eigenvalue weighted by Crippen LogP contribution is -2.46. The number of hydrogen-bond donors (Lipinski definition) is 1. The summed E-state index contributed by atoms with van der Waals surface area (Å²) in [7, 11) is 0. The van der Waals surface area contributed by atoms with E-state index in [0.717, 1.165) is 6.54 Å². The number of rotatable bonds is 3. The van der Waals surface area contributed by atoms with Crippen LogP contribution in [-0.4, -0.2) is 36.0 Å². The van der Waals surface area contributed by atoms with Gasteiger partial charge in [0.15, 0.2) is 0 Å². The molecule has 1 atom stereocenters. The van der Waals surface area contributed by atoms with Crippen molar-refractivity contribution >= 4 is 5.91 Å². The van der Waals surface area contributed by atoms with E-state index in [1.54, 1.807) is 0 Å². The van der Waals surface area contributed by atoms with Gasteiger partial charge in [-0.25, -0.2) is 0 Å². The Balaban J connectivity index is 1.73. The average molecular weight is 252 g/mol. The first-order valence-electron chi connectivity index (χ1n) is 7.79. The zero-order chi connectivity index (χ0) is 12.8. The molecule has 0 spiro atoms. The van der Waals surface area contributed by atoms with Gasteiger partial charge in [0.05, 0.1) is 6.54 Å². The summed E-state index contributed by atoms with van der Waals surface area (Å²) < 4.78 is 0. The predicted molar refractivity (Wildman–Crippen MR) is 74.5 cm³/mol. The second kappa shape index (κ2) is 7.13. The molecule has 0 radical (unpaired) electrons. The summed E-state index contributed by atoms with van der Waals surface area (Å²) in [5.74, 6) is 0.246. The van der Waals surface area contributed by atoms with Crippen LogP contribution in [0, 0.1) is 0 Å². The van der Waals surface area contributed by atoms with Gasteiger partial charge in [-0.1, -0.05) is 32.1 Å². The number of amides is 1. The van der Waals surface area contributed by atoms with Crippen LogP contribution in [0.25, 0.3) is 0 Å². The zero-order valence-electron chi connectivity index (χ0n) is 11.8. The van der Waals surface area contributed by atoms with Crippen LogP contribution in [0.4, 0.5) is 0 Å². The minimum Gasteiger partial charge on any atom is -0.352 e. The highest BCUT2D eigenvalue weighted by Gasteiger charge is 2.22. The van der Waals surface area contributed by atoms with Crippen molar-refractivity contribution in [2.24, 2.45) is 0 Å². The molecule has 1 N–H and O–H groups in total. The molecule has 0 aromatic rings. The number of carbonyl (C=O) groups is 1. The highest BCUT2D eigenvalue weighted by Crippen LogP contribution is 2.18. The van der Waals surface area contributed by atoms with E-state index in [1.807, 2.05) is 0 Å². The summed E-state index contributed by atoms with van der Waals surface area (Å²) in [5.41, 5.74) is 0. The van der Waals surface area contributed by atoms with Gasteiger partial charge >= 0.3 is 0 Å². The van der Waals surface area contributed by atoms with Crippen molar-refractivity contribution in [1.82, 2.24) is 10.2 Å². The molecule has 104 valence electrons. The lowest BCUT2D eigenvalue weighted by atomic mass is 10.0. The third-order valence-corrected chi connectivity index (χ3v) is 4.51. The highest BCUT2D eigenvalue weighted by molar-refractivity contribution is 5.78. The molecule has 1 amide bonds. The van der Waals surface area contributed by atoms with Crippen LogP contribution in [0.5, 0.6) is 0 Å². The molecular formula is C15H28N2O. The van der Waals surface area contributed by atoms with E-state index in [2.05, 4.69) is 17.1 Å². The van der Waals surface area contributed by atoms with Crippen LogP contribution >= 0.6 is 0 Å². The maximum atomic E-state index is 12.1. The second-order valence-corrected chi connectivity index (χ2v) is 6.07. The Morgan fingerprint density at radius 1 is 1.06 bits per heavy atom. The van der Waals surface area contributed by atoms with Gasteiger partial charge in [0.1, 0.15) is 0 Å². The van der Waals surface area contributed by atoms with Gasteiger partial charge in [-0.15, -0.1) is 0 Å². The molecule has 1 heterocycles. The van der Waals surface area contributed by atoms with E-state index in [9.17, 15) is 4.79 Å². The molecule has 0 aromatic heterocycles. The summed E-state index contributed by atoms with van der Waals surface area (Å²) in [5, 5.41) is 3.25. The van der Waals surface area contributed by atoms with Crippen LogP contribution in [0.2, 0.25) is 0 Å². The molecule has 3 nitrogen and oxygen atoms in total. The first kappa shape index (κ1) is 13.9. The van der Waals surface area contributed by atoms with Crippen molar-refractivity contribution in [2.45, 2.75) is 76.8 Å². The molecule has 1 aliphatic heterocycles. The average Bonchev–Trinajstić information content (AvgIpc) is 2.61. The Labute approximate surface area is 111 Å². The van der Waals surface area contributed by atoms with Crippen molar-refractivity contribution in [3.8, 4) is 0 Å². The first-order chi connectivity index (χ1) is 8.75. The zero-order valence-corrected chi connectivity index (χ0v) is 11.8. The summed E-state index contributed by atoms with van der Waals surface area (Å²) in [4.78, 5) is 14.4. The molecule has 2 fully saturated rings. The van der Waals surface area contributed by atoms with Gasteiger partial charge in [0.2, 0.25) is 5.91 Å². The molecule has 0 aromatic carbocycles. The van der Waals surface area contributed by atoms with Gasteiger partial charge in [0, 0.05) is 12.1 Å². The van der Waals surface area contributed by atoms with Crippen molar-refractivity contribution in [2.75, 3.05) is 13.1 Å². The van der Waals surface area contributed by atoms with Gasteiger partial charge in [-0.2, -0.15) is 0 Å². The third-order valence-electron chi connectivity index (χ3n) is 4.51. The maximum Gasteiger partial charge on any atom is 0.234 e. The summed E-state index contributed by atoms with van der Waals surface area (Å²) >= 11 is 0. The van der Waals surface area contributed by atoms with Crippen molar-refractivity contribution in [1.29, 1.82) is 0 Å². The van der Waals surface area contributed by atoms with Crippen molar-refractivity contribution in [3.05, 3.63) is 0 Å². The van der Waals surface area contributed by atoms with E-state index in [4.69, 9.17) is 0 Å². The summed E-state index contributed by atoms with van der Waals surface area (Å²) in [6, 6.07) is 1.03. The molecule has 2 aliphatic rings. The molecule has 1 saturated carbocycles. The van der Waals surface area contributed by atoms with E-state index >= 15 is 0 Å². The Morgan fingerprint density at radius 3 is 2.39 bits per heavy atom.